The van der Waals surface area contributed by atoms with Gasteiger partial charge in [-0.3, -0.25) is 9.59 Å². The Kier molecular flexibility index (Phi) is 8.70. The Morgan fingerprint density at radius 1 is 0.892 bits per heavy atom. The van der Waals surface area contributed by atoms with E-state index >= 15 is 0 Å². The molecule has 0 aliphatic heterocycles. The van der Waals surface area contributed by atoms with Gasteiger partial charge >= 0.3 is 5.97 Å². The molecule has 4 aromatic rings. The molecule has 0 spiro atoms. The molecule has 7 nitrogen and oxygen atoms in total. The molecule has 1 amide bonds. The number of ether oxygens (including phenoxy) is 2. The Bertz CT molecular complexity index is 1410. The van der Waals surface area contributed by atoms with Crippen molar-refractivity contribution >= 4 is 28.5 Å². The highest BCUT2D eigenvalue weighted by molar-refractivity contribution is 6.08. The van der Waals surface area contributed by atoms with E-state index in [0.29, 0.717) is 24.3 Å². The van der Waals surface area contributed by atoms with E-state index in [0.717, 1.165) is 25.3 Å². The standard InChI is InChI=1S/C30H29NO6/c1-2-3-18-36-30(34)27-20-26(32)24-12-7-13-25(28(24)37-27)31-29(33)22-14-16-23(17-15-22)35-19-8-11-21-9-5-4-6-10-21/h4-7,9-10,12-17,20H,2-3,8,11,18-19H2,1H3,(H,31,33). The maximum Gasteiger partial charge on any atom is 0.374 e. The lowest BCUT2D eigenvalue weighted by molar-refractivity contribution is 0.0464. The van der Waals surface area contributed by atoms with E-state index in [4.69, 9.17) is 13.9 Å². The Labute approximate surface area is 215 Å². The number of amides is 1. The molecule has 0 saturated carbocycles. The average Bonchev–Trinajstić information content (AvgIpc) is 2.92. The quantitative estimate of drug-likeness (QED) is 0.200. The largest absolute Gasteiger partial charge is 0.494 e. The summed E-state index contributed by atoms with van der Waals surface area (Å²) < 4.78 is 16.7. The molecule has 0 unspecified atom stereocenters. The molecule has 0 fully saturated rings. The highest BCUT2D eigenvalue weighted by Crippen LogP contribution is 2.24. The highest BCUT2D eigenvalue weighted by atomic mass is 16.5. The predicted octanol–water partition coefficient (Wildman–Crippen LogP) is 6.01. The summed E-state index contributed by atoms with van der Waals surface area (Å²) in [7, 11) is 0. The molecular weight excluding hydrogens is 470 g/mol. The SMILES string of the molecule is CCCCOC(=O)c1cc(=O)c2cccc(NC(=O)c3ccc(OCCCc4ccccc4)cc3)c2o1. The second kappa shape index (κ2) is 12.5. The maximum absolute atomic E-state index is 12.9. The van der Waals surface area contributed by atoms with Gasteiger partial charge in [0.15, 0.2) is 11.0 Å². The van der Waals surface area contributed by atoms with Gasteiger partial charge in [-0.05, 0) is 61.2 Å². The van der Waals surface area contributed by atoms with Crippen molar-refractivity contribution < 1.29 is 23.5 Å². The minimum Gasteiger partial charge on any atom is -0.494 e. The fourth-order valence-corrected chi connectivity index (χ4v) is 3.76. The number of benzene rings is 3. The number of carbonyl (C=O) groups is 2. The molecule has 1 heterocycles. The number of nitrogens with one attached hydrogen (secondary N) is 1. The van der Waals surface area contributed by atoms with Crippen LogP contribution in [0.5, 0.6) is 5.75 Å². The molecule has 0 bridgehead atoms. The molecule has 0 aliphatic carbocycles. The van der Waals surface area contributed by atoms with Crippen LogP contribution in [-0.4, -0.2) is 25.1 Å². The van der Waals surface area contributed by atoms with Gasteiger partial charge in [0.1, 0.15) is 5.75 Å². The van der Waals surface area contributed by atoms with Crippen LogP contribution in [0.15, 0.2) is 88.1 Å². The molecule has 7 heteroatoms. The Balaban J connectivity index is 1.41. The van der Waals surface area contributed by atoms with Crippen molar-refractivity contribution in [2.24, 2.45) is 0 Å². The number of hydrogen-bond donors (Lipinski definition) is 1. The van der Waals surface area contributed by atoms with Crippen molar-refractivity contribution in [1.29, 1.82) is 0 Å². The fraction of sp³-hybridized carbons (Fsp3) is 0.233. The Morgan fingerprint density at radius 2 is 1.68 bits per heavy atom. The molecule has 3 aromatic carbocycles. The van der Waals surface area contributed by atoms with Crippen LogP contribution < -0.4 is 15.5 Å². The molecule has 0 saturated heterocycles. The number of hydrogen-bond acceptors (Lipinski definition) is 6. The van der Waals surface area contributed by atoms with E-state index in [-0.39, 0.29) is 34.9 Å². The number of esters is 1. The van der Waals surface area contributed by atoms with Gasteiger partial charge in [0, 0.05) is 11.6 Å². The van der Waals surface area contributed by atoms with Gasteiger partial charge in [-0.2, -0.15) is 0 Å². The van der Waals surface area contributed by atoms with E-state index in [1.54, 1.807) is 42.5 Å². The van der Waals surface area contributed by atoms with Crippen LogP contribution in [0, 0.1) is 0 Å². The van der Waals surface area contributed by atoms with Crippen molar-refractivity contribution in [1.82, 2.24) is 0 Å². The summed E-state index contributed by atoms with van der Waals surface area (Å²) in [4.78, 5) is 37.8. The third kappa shape index (κ3) is 6.85. The lowest BCUT2D eigenvalue weighted by Gasteiger charge is -2.10. The predicted molar refractivity (Wildman–Crippen MR) is 142 cm³/mol. The van der Waals surface area contributed by atoms with Gasteiger partial charge in [-0.15, -0.1) is 0 Å². The zero-order valence-corrected chi connectivity index (χ0v) is 20.7. The Hall–Kier alpha value is -4.39. The lowest BCUT2D eigenvalue weighted by atomic mass is 10.1. The summed E-state index contributed by atoms with van der Waals surface area (Å²) in [6.45, 7) is 2.79. The second-order valence-corrected chi connectivity index (χ2v) is 8.56. The first-order valence-corrected chi connectivity index (χ1v) is 12.4. The van der Waals surface area contributed by atoms with Gasteiger partial charge in [0.2, 0.25) is 5.76 Å². The van der Waals surface area contributed by atoms with Crippen LogP contribution >= 0.6 is 0 Å². The summed E-state index contributed by atoms with van der Waals surface area (Å²) in [6.07, 6.45) is 3.39. The van der Waals surface area contributed by atoms with Crippen molar-refractivity contribution in [2.45, 2.75) is 32.6 Å². The van der Waals surface area contributed by atoms with Gasteiger partial charge in [0.05, 0.1) is 24.3 Å². The van der Waals surface area contributed by atoms with Gasteiger partial charge < -0.3 is 19.2 Å². The Morgan fingerprint density at radius 3 is 2.43 bits per heavy atom. The highest BCUT2D eigenvalue weighted by Gasteiger charge is 2.17. The minimum absolute atomic E-state index is 0.115. The number of fused-ring (bicyclic) bond motifs is 1. The van der Waals surface area contributed by atoms with Crippen LogP contribution in [0.25, 0.3) is 11.0 Å². The first-order chi connectivity index (χ1) is 18.0. The molecule has 1 aromatic heterocycles. The average molecular weight is 500 g/mol. The van der Waals surface area contributed by atoms with E-state index in [1.807, 2.05) is 25.1 Å². The van der Waals surface area contributed by atoms with Crippen LogP contribution in [0.2, 0.25) is 0 Å². The molecule has 190 valence electrons. The summed E-state index contributed by atoms with van der Waals surface area (Å²) >= 11 is 0. The monoisotopic (exact) mass is 499 g/mol. The molecule has 1 N–H and O–H groups in total. The van der Waals surface area contributed by atoms with Crippen molar-refractivity contribution in [3.05, 3.63) is 106 Å². The van der Waals surface area contributed by atoms with Crippen molar-refractivity contribution in [3.63, 3.8) is 0 Å². The molecule has 0 atom stereocenters. The van der Waals surface area contributed by atoms with Crippen molar-refractivity contribution in [3.8, 4) is 5.75 Å². The van der Waals surface area contributed by atoms with Crippen LogP contribution in [0.4, 0.5) is 5.69 Å². The smallest absolute Gasteiger partial charge is 0.374 e. The number of aryl methyl sites for hydroxylation is 1. The van der Waals surface area contributed by atoms with Gasteiger partial charge in [0.25, 0.3) is 5.91 Å². The topological polar surface area (TPSA) is 94.8 Å². The second-order valence-electron chi connectivity index (χ2n) is 8.56. The summed E-state index contributed by atoms with van der Waals surface area (Å²) in [5, 5.41) is 3.02. The van der Waals surface area contributed by atoms with Gasteiger partial charge in [-0.1, -0.05) is 49.7 Å². The lowest BCUT2D eigenvalue weighted by Crippen LogP contribution is -2.14. The van der Waals surface area contributed by atoms with E-state index in [9.17, 15) is 14.4 Å². The van der Waals surface area contributed by atoms with Gasteiger partial charge in [-0.25, -0.2) is 4.79 Å². The summed E-state index contributed by atoms with van der Waals surface area (Å²) in [6, 6.07) is 23.0. The molecule has 4 rings (SSSR count). The number of rotatable bonds is 11. The van der Waals surface area contributed by atoms with Crippen LogP contribution in [0.3, 0.4) is 0 Å². The molecule has 0 radical (unpaired) electrons. The maximum atomic E-state index is 12.9. The van der Waals surface area contributed by atoms with Crippen molar-refractivity contribution in [2.75, 3.05) is 18.5 Å². The third-order valence-corrected chi connectivity index (χ3v) is 5.77. The summed E-state index contributed by atoms with van der Waals surface area (Å²) in [5.74, 6) is -0.634. The first-order valence-electron chi connectivity index (χ1n) is 12.4. The van der Waals surface area contributed by atoms with E-state index in [2.05, 4.69) is 17.4 Å². The molecule has 0 aliphatic rings. The fourth-order valence-electron chi connectivity index (χ4n) is 3.76. The third-order valence-electron chi connectivity index (χ3n) is 5.77. The van der Waals surface area contributed by atoms with Crippen LogP contribution in [0.1, 0.15) is 52.7 Å². The number of anilines is 1. The molecular formula is C30H29NO6. The number of unbranched alkanes of at least 4 members (excludes halogenated alkanes) is 1. The first kappa shape index (κ1) is 25.7. The van der Waals surface area contributed by atoms with E-state index < -0.39 is 11.4 Å². The molecule has 37 heavy (non-hydrogen) atoms. The van der Waals surface area contributed by atoms with E-state index in [1.165, 1.54) is 5.56 Å². The number of para-hydroxylation sites is 1. The zero-order chi connectivity index (χ0) is 26.0. The minimum atomic E-state index is -0.715. The number of carbonyl (C=O) groups excluding carboxylic acids is 2. The zero-order valence-electron chi connectivity index (χ0n) is 20.7. The van der Waals surface area contributed by atoms with Crippen LogP contribution in [-0.2, 0) is 11.2 Å². The normalized spacial score (nSPS) is 10.7. The summed E-state index contributed by atoms with van der Waals surface area (Å²) in [5.41, 5.74) is 1.68.